The van der Waals surface area contributed by atoms with Crippen LogP contribution in [0.3, 0.4) is 0 Å². The van der Waals surface area contributed by atoms with Gasteiger partial charge in [0.05, 0.1) is 0 Å². The van der Waals surface area contributed by atoms with Crippen LogP contribution in [0.25, 0.3) is 0 Å². The molecule has 0 fully saturated rings. The Morgan fingerprint density at radius 2 is 1.53 bits per heavy atom. The molecule has 1 aromatic heterocycles. The van der Waals surface area contributed by atoms with Gasteiger partial charge in [-0.05, 0) is 35.2 Å². The Labute approximate surface area is 102 Å². The number of carbonyl (C=O) groups is 1. The molecule has 0 radical (unpaired) electrons. The molecular weight excluding hydrogens is 210 g/mol. The fourth-order valence-corrected chi connectivity index (χ4v) is 1.73. The maximum Gasteiger partial charge on any atom is 0.261 e. The lowest BCUT2D eigenvalue weighted by atomic mass is 9.87. The topological polar surface area (TPSA) is 22.0 Å². The third-order valence-corrected chi connectivity index (χ3v) is 2.84. The lowest BCUT2D eigenvalue weighted by Crippen LogP contribution is -2.13. The van der Waals surface area contributed by atoms with Crippen molar-refractivity contribution in [3.63, 3.8) is 0 Å². The van der Waals surface area contributed by atoms with Gasteiger partial charge in [0, 0.05) is 18.0 Å². The van der Waals surface area contributed by atoms with Gasteiger partial charge in [-0.1, -0.05) is 32.9 Å². The summed E-state index contributed by atoms with van der Waals surface area (Å²) >= 11 is 0. The first-order valence-electron chi connectivity index (χ1n) is 5.77. The van der Waals surface area contributed by atoms with E-state index in [1.165, 1.54) is 5.56 Å². The van der Waals surface area contributed by atoms with Crippen molar-refractivity contribution in [1.82, 2.24) is 4.57 Å². The molecule has 0 aliphatic heterocycles. The van der Waals surface area contributed by atoms with Crippen LogP contribution in [-0.2, 0) is 5.41 Å². The smallest absolute Gasteiger partial charge is 0.261 e. The molecule has 0 saturated heterocycles. The largest absolute Gasteiger partial charge is 0.291 e. The third-order valence-electron chi connectivity index (χ3n) is 2.84. The second-order valence-corrected chi connectivity index (χ2v) is 5.22. The summed E-state index contributed by atoms with van der Waals surface area (Å²) < 4.78 is 1.59. The van der Waals surface area contributed by atoms with E-state index in [2.05, 4.69) is 20.8 Å². The maximum absolute atomic E-state index is 12.0. The predicted octanol–water partition coefficient (Wildman–Crippen LogP) is 3.47. The first kappa shape index (κ1) is 11.6. The molecular formula is C15H17NO. The highest BCUT2D eigenvalue weighted by molar-refractivity contribution is 5.95. The summed E-state index contributed by atoms with van der Waals surface area (Å²) in [5.41, 5.74) is 2.07. The third kappa shape index (κ3) is 2.47. The van der Waals surface area contributed by atoms with E-state index in [1.807, 2.05) is 36.4 Å². The Bertz CT molecular complexity index is 501. The van der Waals surface area contributed by atoms with Crippen molar-refractivity contribution in [2.75, 3.05) is 0 Å². The van der Waals surface area contributed by atoms with Crippen molar-refractivity contribution in [2.24, 2.45) is 0 Å². The van der Waals surface area contributed by atoms with Crippen LogP contribution < -0.4 is 0 Å². The Morgan fingerprint density at radius 1 is 1.00 bits per heavy atom. The number of benzene rings is 1. The highest BCUT2D eigenvalue weighted by Crippen LogP contribution is 2.22. The summed E-state index contributed by atoms with van der Waals surface area (Å²) in [6.07, 6.45) is 3.53. The molecule has 17 heavy (non-hydrogen) atoms. The van der Waals surface area contributed by atoms with Crippen molar-refractivity contribution < 1.29 is 4.79 Å². The normalized spacial score (nSPS) is 11.5. The molecule has 2 aromatic rings. The average Bonchev–Trinajstić information content (AvgIpc) is 2.80. The minimum Gasteiger partial charge on any atom is -0.291 e. The van der Waals surface area contributed by atoms with Crippen molar-refractivity contribution in [3.05, 3.63) is 59.9 Å². The standard InChI is InChI=1S/C15H17NO/c1-15(2,3)13-8-6-12(7-9-13)14(17)16-10-4-5-11-16/h4-11H,1-3H3. The van der Waals surface area contributed by atoms with Crippen molar-refractivity contribution in [1.29, 1.82) is 0 Å². The molecule has 0 spiro atoms. The van der Waals surface area contributed by atoms with Crippen LogP contribution in [0.4, 0.5) is 0 Å². The van der Waals surface area contributed by atoms with E-state index < -0.39 is 0 Å². The van der Waals surface area contributed by atoms with Gasteiger partial charge in [-0.25, -0.2) is 0 Å². The van der Waals surface area contributed by atoms with Crippen LogP contribution in [0.2, 0.25) is 0 Å². The van der Waals surface area contributed by atoms with Gasteiger partial charge >= 0.3 is 0 Å². The van der Waals surface area contributed by atoms with Gasteiger partial charge in [0.25, 0.3) is 5.91 Å². The van der Waals surface area contributed by atoms with Gasteiger partial charge in [0.1, 0.15) is 0 Å². The molecule has 1 aromatic carbocycles. The molecule has 0 saturated carbocycles. The Hall–Kier alpha value is -1.83. The van der Waals surface area contributed by atoms with Crippen LogP contribution >= 0.6 is 0 Å². The minimum absolute atomic E-state index is 0.00968. The van der Waals surface area contributed by atoms with Gasteiger partial charge in [-0.15, -0.1) is 0 Å². The van der Waals surface area contributed by atoms with Crippen molar-refractivity contribution >= 4 is 5.91 Å². The number of aromatic nitrogens is 1. The molecule has 0 aliphatic rings. The van der Waals surface area contributed by atoms with Gasteiger partial charge in [0.15, 0.2) is 0 Å². The van der Waals surface area contributed by atoms with Gasteiger partial charge in [-0.3, -0.25) is 9.36 Å². The van der Waals surface area contributed by atoms with Gasteiger partial charge in [0.2, 0.25) is 0 Å². The Kier molecular flexibility index (Phi) is 2.88. The van der Waals surface area contributed by atoms with E-state index in [-0.39, 0.29) is 11.3 Å². The summed E-state index contributed by atoms with van der Waals surface area (Å²) in [4.78, 5) is 12.0. The monoisotopic (exact) mass is 227 g/mol. The molecule has 0 atom stereocenters. The van der Waals surface area contributed by atoms with Crippen LogP contribution in [0.1, 0.15) is 36.7 Å². The van der Waals surface area contributed by atoms with E-state index in [0.29, 0.717) is 5.56 Å². The second kappa shape index (κ2) is 4.21. The molecule has 88 valence electrons. The Morgan fingerprint density at radius 3 is 2.00 bits per heavy atom. The van der Waals surface area contributed by atoms with E-state index in [0.717, 1.165) is 0 Å². The van der Waals surface area contributed by atoms with Gasteiger partial charge in [-0.2, -0.15) is 0 Å². The lowest BCUT2D eigenvalue weighted by Gasteiger charge is -2.18. The van der Waals surface area contributed by atoms with Gasteiger partial charge < -0.3 is 0 Å². The fourth-order valence-electron chi connectivity index (χ4n) is 1.73. The maximum atomic E-state index is 12.0. The minimum atomic E-state index is 0.00968. The fraction of sp³-hybridized carbons (Fsp3) is 0.267. The average molecular weight is 227 g/mol. The molecule has 0 unspecified atom stereocenters. The predicted molar refractivity (Wildman–Crippen MR) is 69.3 cm³/mol. The molecule has 0 aliphatic carbocycles. The van der Waals surface area contributed by atoms with Crippen LogP contribution in [0.15, 0.2) is 48.8 Å². The number of hydrogen-bond donors (Lipinski definition) is 0. The lowest BCUT2D eigenvalue weighted by molar-refractivity contribution is 0.0960. The zero-order chi connectivity index (χ0) is 12.5. The number of hydrogen-bond acceptors (Lipinski definition) is 1. The molecule has 2 heteroatoms. The number of nitrogens with zero attached hydrogens (tertiary/aromatic N) is 1. The number of rotatable bonds is 1. The quantitative estimate of drug-likeness (QED) is 0.731. The molecule has 0 N–H and O–H groups in total. The first-order chi connectivity index (χ1) is 7.98. The van der Waals surface area contributed by atoms with E-state index >= 15 is 0 Å². The zero-order valence-corrected chi connectivity index (χ0v) is 10.5. The first-order valence-corrected chi connectivity index (χ1v) is 5.77. The SMILES string of the molecule is CC(C)(C)c1ccc(C(=O)n2cccc2)cc1. The summed E-state index contributed by atoms with van der Waals surface area (Å²) in [6, 6.07) is 11.5. The molecule has 1 heterocycles. The van der Waals surface area contributed by atoms with Crippen molar-refractivity contribution in [2.45, 2.75) is 26.2 Å². The molecule has 2 rings (SSSR count). The van der Waals surface area contributed by atoms with Crippen molar-refractivity contribution in [3.8, 4) is 0 Å². The Balaban J connectivity index is 2.28. The van der Waals surface area contributed by atoms with E-state index in [9.17, 15) is 4.79 Å². The molecule has 0 amide bonds. The molecule has 0 bridgehead atoms. The van der Waals surface area contributed by atoms with Crippen LogP contribution in [0.5, 0.6) is 0 Å². The zero-order valence-electron chi connectivity index (χ0n) is 10.5. The second-order valence-electron chi connectivity index (χ2n) is 5.22. The highest BCUT2D eigenvalue weighted by atomic mass is 16.2. The van der Waals surface area contributed by atoms with Crippen LogP contribution in [0, 0.1) is 0 Å². The van der Waals surface area contributed by atoms with Crippen LogP contribution in [-0.4, -0.2) is 10.5 Å². The summed E-state index contributed by atoms with van der Waals surface area (Å²) in [7, 11) is 0. The van der Waals surface area contributed by atoms with E-state index in [4.69, 9.17) is 0 Å². The summed E-state index contributed by atoms with van der Waals surface area (Å²) in [5, 5.41) is 0. The summed E-state index contributed by atoms with van der Waals surface area (Å²) in [5.74, 6) is 0.00968. The number of carbonyl (C=O) groups excluding carboxylic acids is 1. The summed E-state index contributed by atoms with van der Waals surface area (Å²) in [6.45, 7) is 6.49. The van der Waals surface area contributed by atoms with E-state index in [1.54, 1.807) is 17.0 Å². The molecule has 2 nitrogen and oxygen atoms in total. The highest BCUT2D eigenvalue weighted by Gasteiger charge is 2.14.